The van der Waals surface area contributed by atoms with Gasteiger partial charge in [-0.05, 0) is 38.4 Å². The predicted octanol–water partition coefficient (Wildman–Crippen LogP) is 2.95. The molecule has 5 nitrogen and oxygen atoms in total. The first-order valence-corrected chi connectivity index (χ1v) is 8.21. The molecule has 2 N–H and O–H groups in total. The van der Waals surface area contributed by atoms with E-state index in [0.29, 0.717) is 17.8 Å². The molecule has 1 aromatic heterocycles. The fourth-order valence-electron chi connectivity index (χ4n) is 3.07. The van der Waals surface area contributed by atoms with E-state index in [1.807, 2.05) is 25.1 Å². The average Bonchev–Trinajstić information content (AvgIpc) is 3.08. The lowest BCUT2D eigenvalue weighted by atomic mass is 10.0. The van der Waals surface area contributed by atoms with Gasteiger partial charge in [-0.2, -0.15) is 4.98 Å². The molecule has 0 spiro atoms. The van der Waals surface area contributed by atoms with Gasteiger partial charge in [0, 0.05) is 31.8 Å². The molecule has 1 aromatic carbocycles. The fourth-order valence-corrected chi connectivity index (χ4v) is 3.07. The van der Waals surface area contributed by atoms with Gasteiger partial charge in [-0.1, -0.05) is 24.3 Å². The number of hydrogen-bond donors (Lipinski definition) is 1. The smallest absolute Gasteiger partial charge is 0.227 e. The molecule has 1 aliphatic rings. The minimum absolute atomic E-state index is 0.472. The molecule has 3 rings (SSSR count). The van der Waals surface area contributed by atoms with Gasteiger partial charge in [0.1, 0.15) is 5.82 Å². The molecule has 1 saturated heterocycles. The Bertz CT molecular complexity index is 660. The van der Waals surface area contributed by atoms with Crippen molar-refractivity contribution in [1.82, 2.24) is 14.9 Å². The Labute approximate surface area is 138 Å². The predicted molar refractivity (Wildman–Crippen MR) is 95.4 cm³/mol. The SMILES string of the molecule is C[C@@H](c1ccc(-c2cc(N)nc(N(C)C)n2)cc1)N1CCCC1. The van der Waals surface area contributed by atoms with E-state index in [1.165, 1.54) is 31.5 Å². The van der Waals surface area contributed by atoms with E-state index in [4.69, 9.17) is 5.73 Å². The van der Waals surface area contributed by atoms with Gasteiger partial charge in [-0.3, -0.25) is 4.90 Å². The van der Waals surface area contributed by atoms with Crippen LogP contribution in [0.4, 0.5) is 11.8 Å². The Morgan fingerprint density at radius 3 is 2.35 bits per heavy atom. The lowest BCUT2D eigenvalue weighted by molar-refractivity contribution is 0.263. The zero-order valence-electron chi connectivity index (χ0n) is 14.2. The zero-order valence-corrected chi connectivity index (χ0v) is 14.2. The summed E-state index contributed by atoms with van der Waals surface area (Å²) in [5, 5.41) is 0. The Morgan fingerprint density at radius 1 is 1.09 bits per heavy atom. The standard InChI is InChI=1S/C18H25N5/c1-13(23-10-4-5-11-23)14-6-8-15(9-7-14)16-12-17(19)21-18(20-16)22(2)3/h6-9,12-13H,4-5,10-11H2,1-3H3,(H2,19,20,21)/t13-/m0/s1. The van der Waals surface area contributed by atoms with Crippen LogP contribution in [0.5, 0.6) is 0 Å². The molecule has 23 heavy (non-hydrogen) atoms. The van der Waals surface area contributed by atoms with Crippen molar-refractivity contribution in [2.45, 2.75) is 25.8 Å². The van der Waals surface area contributed by atoms with Gasteiger partial charge >= 0.3 is 0 Å². The van der Waals surface area contributed by atoms with Crippen molar-refractivity contribution in [1.29, 1.82) is 0 Å². The van der Waals surface area contributed by atoms with Crippen molar-refractivity contribution < 1.29 is 0 Å². The van der Waals surface area contributed by atoms with Gasteiger partial charge in [0.15, 0.2) is 0 Å². The molecule has 0 bridgehead atoms. The molecule has 0 amide bonds. The normalized spacial score (nSPS) is 16.5. The number of rotatable bonds is 4. The van der Waals surface area contributed by atoms with Crippen LogP contribution >= 0.6 is 0 Å². The molecule has 2 aromatic rings. The van der Waals surface area contributed by atoms with Crippen LogP contribution < -0.4 is 10.6 Å². The summed E-state index contributed by atoms with van der Waals surface area (Å²) in [6.07, 6.45) is 2.63. The minimum Gasteiger partial charge on any atom is -0.384 e. The van der Waals surface area contributed by atoms with E-state index < -0.39 is 0 Å². The molecule has 122 valence electrons. The molecule has 1 fully saturated rings. The summed E-state index contributed by atoms with van der Waals surface area (Å²) in [6.45, 7) is 4.70. The highest BCUT2D eigenvalue weighted by Crippen LogP contribution is 2.27. The van der Waals surface area contributed by atoms with Gasteiger partial charge in [0.2, 0.25) is 5.95 Å². The Balaban J connectivity index is 1.84. The van der Waals surface area contributed by atoms with E-state index in [2.05, 4.69) is 46.1 Å². The number of hydrogen-bond acceptors (Lipinski definition) is 5. The molecule has 1 atom stereocenters. The zero-order chi connectivity index (χ0) is 16.4. The van der Waals surface area contributed by atoms with Crippen molar-refractivity contribution >= 4 is 11.8 Å². The van der Waals surface area contributed by atoms with Gasteiger partial charge in [0.05, 0.1) is 5.69 Å². The second-order valence-electron chi connectivity index (χ2n) is 6.41. The minimum atomic E-state index is 0.472. The van der Waals surface area contributed by atoms with Crippen LogP contribution in [-0.4, -0.2) is 42.1 Å². The van der Waals surface area contributed by atoms with Gasteiger partial charge in [-0.15, -0.1) is 0 Å². The molecule has 0 aliphatic carbocycles. The number of nitrogens with zero attached hydrogens (tertiary/aromatic N) is 4. The first kappa shape index (κ1) is 15.7. The van der Waals surface area contributed by atoms with Crippen LogP contribution in [0.3, 0.4) is 0 Å². The molecule has 0 unspecified atom stereocenters. The van der Waals surface area contributed by atoms with E-state index in [0.717, 1.165) is 11.3 Å². The van der Waals surface area contributed by atoms with Crippen molar-refractivity contribution in [3.05, 3.63) is 35.9 Å². The molecule has 2 heterocycles. The van der Waals surface area contributed by atoms with Crippen LogP contribution in [0.15, 0.2) is 30.3 Å². The first-order chi connectivity index (χ1) is 11.0. The second kappa shape index (κ2) is 6.54. The van der Waals surface area contributed by atoms with Crippen LogP contribution in [0.2, 0.25) is 0 Å². The fraction of sp³-hybridized carbons (Fsp3) is 0.444. The molecule has 5 heteroatoms. The third kappa shape index (κ3) is 3.45. The maximum absolute atomic E-state index is 5.91. The average molecular weight is 311 g/mol. The maximum atomic E-state index is 5.91. The van der Waals surface area contributed by atoms with Gasteiger partial charge in [0.25, 0.3) is 0 Å². The number of nitrogen functional groups attached to an aromatic ring is 1. The summed E-state index contributed by atoms with van der Waals surface area (Å²) in [5.74, 6) is 1.13. The van der Waals surface area contributed by atoms with Crippen LogP contribution in [-0.2, 0) is 0 Å². The molecule has 0 saturated carbocycles. The van der Waals surface area contributed by atoms with Crippen LogP contribution in [0, 0.1) is 0 Å². The van der Waals surface area contributed by atoms with Crippen molar-refractivity contribution in [3.63, 3.8) is 0 Å². The Morgan fingerprint density at radius 2 is 1.74 bits per heavy atom. The van der Waals surface area contributed by atoms with Crippen molar-refractivity contribution in [3.8, 4) is 11.3 Å². The van der Waals surface area contributed by atoms with Crippen molar-refractivity contribution in [2.75, 3.05) is 37.8 Å². The number of likely N-dealkylation sites (tertiary alicyclic amines) is 1. The van der Waals surface area contributed by atoms with Crippen LogP contribution in [0.1, 0.15) is 31.4 Å². The number of nitrogens with two attached hydrogens (primary N) is 1. The Kier molecular flexibility index (Phi) is 4.48. The Hall–Kier alpha value is -2.14. The monoisotopic (exact) mass is 311 g/mol. The number of benzene rings is 1. The van der Waals surface area contributed by atoms with E-state index in [9.17, 15) is 0 Å². The third-order valence-electron chi connectivity index (χ3n) is 4.51. The van der Waals surface area contributed by atoms with E-state index in [-0.39, 0.29) is 0 Å². The summed E-state index contributed by atoms with van der Waals surface area (Å²) < 4.78 is 0. The van der Waals surface area contributed by atoms with Crippen LogP contribution in [0.25, 0.3) is 11.3 Å². The molecule has 0 radical (unpaired) electrons. The lowest BCUT2D eigenvalue weighted by Gasteiger charge is -2.24. The van der Waals surface area contributed by atoms with Crippen molar-refractivity contribution in [2.24, 2.45) is 0 Å². The number of anilines is 2. The first-order valence-electron chi connectivity index (χ1n) is 8.21. The summed E-state index contributed by atoms with van der Waals surface area (Å²) in [5.41, 5.74) is 9.19. The number of aromatic nitrogens is 2. The molecular formula is C18H25N5. The topological polar surface area (TPSA) is 58.3 Å². The third-order valence-corrected chi connectivity index (χ3v) is 4.51. The van der Waals surface area contributed by atoms with Gasteiger partial charge in [-0.25, -0.2) is 4.98 Å². The van der Waals surface area contributed by atoms with E-state index in [1.54, 1.807) is 0 Å². The largest absolute Gasteiger partial charge is 0.384 e. The summed E-state index contributed by atoms with van der Waals surface area (Å²) in [7, 11) is 3.83. The summed E-state index contributed by atoms with van der Waals surface area (Å²) >= 11 is 0. The maximum Gasteiger partial charge on any atom is 0.227 e. The van der Waals surface area contributed by atoms with Gasteiger partial charge < -0.3 is 10.6 Å². The summed E-state index contributed by atoms with van der Waals surface area (Å²) in [6, 6.07) is 11.0. The highest BCUT2D eigenvalue weighted by molar-refractivity contribution is 5.64. The highest BCUT2D eigenvalue weighted by Gasteiger charge is 2.19. The second-order valence-corrected chi connectivity index (χ2v) is 6.41. The summed E-state index contributed by atoms with van der Waals surface area (Å²) in [4.78, 5) is 13.2. The lowest BCUT2D eigenvalue weighted by Crippen LogP contribution is -2.23. The molecular weight excluding hydrogens is 286 g/mol. The van der Waals surface area contributed by atoms with E-state index >= 15 is 0 Å². The quantitative estimate of drug-likeness (QED) is 0.941. The highest BCUT2D eigenvalue weighted by atomic mass is 15.2. The molecule has 1 aliphatic heterocycles.